The smallest absolute Gasteiger partial charge is 0.0259 e. The van der Waals surface area contributed by atoms with Crippen molar-refractivity contribution in [2.45, 2.75) is 25.8 Å². The lowest BCUT2D eigenvalue weighted by molar-refractivity contribution is 0.0676. The Hall–Kier alpha value is -0.160. The summed E-state index contributed by atoms with van der Waals surface area (Å²) in [6, 6.07) is 0.714. The molecule has 0 unspecified atom stereocenters. The molecule has 16 heavy (non-hydrogen) atoms. The van der Waals surface area contributed by atoms with Gasteiger partial charge in [-0.05, 0) is 39.5 Å². The van der Waals surface area contributed by atoms with Gasteiger partial charge in [-0.15, -0.1) is 0 Å². The number of hydrazine groups is 1. The Morgan fingerprint density at radius 3 is 2.19 bits per heavy atom. The molecular formula is C12H26N4. The number of likely N-dealkylation sites (N-methyl/N-ethyl adjacent to an activating group) is 1. The van der Waals surface area contributed by atoms with E-state index in [2.05, 4.69) is 34.2 Å². The van der Waals surface area contributed by atoms with Gasteiger partial charge in [0.25, 0.3) is 0 Å². The first-order chi connectivity index (χ1) is 7.78. The van der Waals surface area contributed by atoms with Crippen molar-refractivity contribution >= 4 is 0 Å². The Bertz CT molecular complexity index is 193. The highest BCUT2D eigenvalue weighted by molar-refractivity contribution is 4.77. The molecule has 0 aromatic carbocycles. The van der Waals surface area contributed by atoms with Crippen LogP contribution in [0.3, 0.4) is 0 Å². The van der Waals surface area contributed by atoms with Gasteiger partial charge in [0.1, 0.15) is 0 Å². The fourth-order valence-electron chi connectivity index (χ4n) is 2.57. The number of piperazine rings is 1. The Morgan fingerprint density at radius 2 is 1.62 bits per heavy atom. The van der Waals surface area contributed by atoms with E-state index in [0.29, 0.717) is 6.04 Å². The molecule has 2 saturated heterocycles. The summed E-state index contributed by atoms with van der Waals surface area (Å²) in [6.45, 7) is 10.7. The fourth-order valence-corrected chi connectivity index (χ4v) is 2.57. The third-order valence-electron chi connectivity index (χ3n) is 3.90. The number of likely N-dealkylation sites (tertiary alicyclic amines) is 1. The highest BCUT2D eigenvalue weighted by Crippen LogP contribution is 2.10. The van der Waals surface area contributed by atoms with E-state index in [0.717, 1.165) is 0 Å². The van der Waals surface area contributed by atoms with Gasteiger partial charge in [0, 0.05) is 32.2 Å². The maximum Gasteiger partial charge on any atom is 0.0259 e. The van der Waals surface area contributed by atoms with Crippen LogP contribution in [-0.2, 0) is 0 Å². The van der Waals surface area contributed by atoms with E-state index in [1.807, 2.05) is 0 Å². The molecule has 0 amide bonds. The molecule has 0 spiro atoms. The molecule has 94 valence electrons. The number of hydrogen-bond donors (Lipinski definition) is 1. The Labute approximate surface area is 99.5 Å². The van der Waals surface area contributed by atoms with Gasteiger partial charge in [-0.25, -0.2) is 5.01 Å². The standard InChI is InChI=1S/C12H26N4/c1-3-15-6-4-12(5-7-15)13-16-10-8-14(2)9-11-16/h12-13H,3-11H2,1-2H3. The van der Waals surface area contributed by atoms with Gasteiger partial charge in [-0.2, -0.15) is 0 Å². The molecule has 2 fully saturated rings. The van der Waals surface area contributed by atoms with Crippen molar-refractivity contribution in [1.82, 2.24) is 20.2 Å². The van der Waals surface area contributed by atoms with Gasteiger partial charge in [-0.3, -0.25) is 5.43 Å². The monoisotopic (exact) mass is 226 g/mol. The fraction of sp³-hybridized carbons (Fsp3) is 1.00. The highest BCUT2D eigenvalue weighted by atomic mass is 15.5. The van der Waals surface area contributed by atoms with Gasteiger partial charge in [-0.1, -0.05) is 6.92 Å². The first-order valence-electron chi connectivity index (χ1n) is 6.70. The van der Waals surface area contributed by atoms with Crippen LogP contribution in [0, 0.1) is 0 Å². The molecule has 0 aromatic rings. The van der Waals surface area contributed by atoms with Gasteiger partial charge in [0.2, 0.25) is 0 Å². The van der Waals surface area contributed by atoms with E-state index >= 15 is 0 Å². The minimum absolute atomic E-state index is 0.714. The molecule has 0 saturated carbocycles. The van der Waals surface area contributed by atoms with Crippen LogP contribution in [0.2, 0.25) is 0 Å². The summed E-state index contributed by atoms with van der Waals surface area (Å²) < 4.78 is 0. The number of piperidine rings is 1. The number of nitrogens with zero attached hydrogens (tertiary/aromatic N) is 3. The minimum atomic E-state index is 0.714. The van der Waals surface area contributed by atoms with Gasteiger partial charge in [0.05, 0.1) is 0 Å². The van der Waals surface area contributed by atoms with Crippen molar-refractivity contribution in [3.63, 3.8) is 0 Å². The number of rotatable bonds is 3. The first kappa shape index (κ1) is 12.3. The van der Waals surface area contributed by atoms with Crippen LogP contribution in [0.5, 0.6) is 0 Å². The van der Waals surface area contributed by atoms with Crippen LogP contribution in [-0.4, -0.2) is 73.7 Å². The molecule has 0 bridgehead atoms. The average molecular weight is 226 g/mol. The van der Waals surface area contributed by atoms with Crippen molar-refractivity contribution in [2.75, 3.05) is 52.9 Å². The van der Waals surface area contributed by atoms with Gasteiger partial charge < -0.3 is 9.80 Å². The van der Waals surface area contributed by atoms with Crippen molar-refractivity contribution in [1.29, 1.82) is 0 Å². The normalized spacial score (nSPS) is 27.4. The molecule has 0 aromatic heterocycles. The van der Waals surface area contributed by atoms with E-state index in [1.54, 1.807) is 0 Å². The maximum atomic E-state index is 3.70. The summed E-state index contributed by atoms with van der Waals surface area (Å²) in [5.41, 5.74) is 3.70. The molecule has 4 heteroatoms. The zero-order valence-corrected chi connectivity index (χ0v) is 10.8. The second-order valence-electron chi connectivity index (χ2n) is 5.13. The molecule has 2 rings (SSSR count). The quantitative estimate of drug-likeness (QED) is 0.743. The predicted octanol–water partition coefficient (Wildman–Crippen LogP) is 0.223. The molecule has 1 N–H and O–H groups in total. The molecule has 0 atom stereocenters. The first-order valence-corrected chi connectivity index (χ1v) is 6.70. The van der Waals surface area contributed by atoms with Crippen molar-refractivity contribution in [3.05, 3.63) is 0 Å². The van der Waals surface area contributed by atoms with Gasteiger partial charge >= 0.3 is 0 Å². The summed E-state index contributed by atoms with van der Waals surface area (Å²) in [5.74, 6) is 0. The van der Waals surface area contributed by atoms with E-state index in [-0.39, 0.29) is 0 Å². The Kier molecular flexibility index (Phi) is 4.58. The second-order valence-corrected chi connectivity index (χ2v) is 5.13. The largest absolute Gasteiger partial charge is 0.304 e. The van der Waals surface area contributed by atoms with E-state index < -0.39 is 0 Å². The zero-order chi connectivity index (χ0) is 11.4. The van der Waals surface area contributed by atoms with Crippen LogP contribution in [0.15, 0.2) is 0 Å². The lowest BCUT2D eigenvalue weighted by Gasteiger charge is -2.38. The van der Waals surface area contributed by atoms with Crippen LogP contribution in [0.4, 0.5) is 0 Å². The maximum absolute atomic E-state index is 3.70. The number of nitrogens with one attached hydrogen (secondary N) is 1. The van der Waals surface area contributed by atoms with E-state index in [4.69, 9.17) is 0 Å². The molecule has 2 aliphatic rings. The molecule has 2 heterocycles. The summed E-state index contributed by atoms with van der Waals surface area (Å²) in [4.78, 5) is 4.94. The topological polar surface area (TPSA) is 21.8 Å². The van der Waals surface area contributed by atoms with E-state index in [1.165, 1.54) is 58.7 Å². The van der Waals surface area contributed by atoms with Crippen LogP contribution in [0.1, 0.15) is 19.8 Å². The summed E-state index contributed by atoms with van der Waals surface area (Å²) in [7, 11) is 2.21. The van der Waals surface area contributed by atoms with Crippen molar-refractivity contribution in [2.24, 2.45) is 0 Å². The summed E-state index contributed by atoms with van der Waals surface area (Å²) in [5, 5.41) is 2.42. The van der Waals surface area contributed by atoms with E-state index in [9.17, 15) is 0 Å². The summed E-state index contributed by atoms with van der Waals surface area (Å²) in [6.07, 6.45) is 2.61. The van der Waals surface area contributed by atoms with Crippen molar-refractivity contribution < 1.29 is 0 Å². The highest BCUT2D eigenvalue weighted by Gasteiger charge is 2.21. The molecule has 0 aliphatic carbocycles. The third-order valence-corrected chi connectivity index (χ3v) is 3.90. The Morgan fingerprint density at radius 1 is 1.00 bits per heavy atom. The Balaban J connectivity index is 1.66. The molecule has 4 nitrogen and oxygen atoms in total. The minimum Gasteiger partial charge on any atom is -0.304 e. The molecule has 0 radical (unpaired) electrons. The second kappa shape index (κ2) is 5.96. The van der Waals surface area contributed by atoms with Crippen LogP contribution >= 0.6 is 0 Å². The average Bonchev–Trinajstić information content (AvgIpc) is 2.33. The lowest BCUT2D eigenvalue weighted by Crippen LogP contribution is -2.55. The number of hydrogen-bond acceptors (Lipinski definition) is 4. The third kappa shape index (κ3) is 3.42. The van der Waals surface area contributed by atoms with Crippen LogP contribution in [0.25, 0.3) is 0 Å². The van der Waals surface area contributed by atoms with Crippen LogP contribution < -0.4 is 5.43 Å². The zero-order valence-electron chi connectivity index (χ0n) is 10.8. The molecular weight excluding hydrogens is 200 g/mol. The lowest BCUT2D eigenvalue weighted by atomic mass is 10.1. The predicted molar refractivity (Wildman–Crippen MR) is 67.3 cm³/mol. The van der Waals surface area contributed by atoms with Gasteiger partial charge in [0.15, 0.2) is 0 Å². The summed E-state index contributed by atoms with van der Waals surface area (Å²) >= 11 is 0. The SMILES string of the molecule is CCN1CCC(NN2CCN(C)CC2)CC1. The molecule has 2 aliphatic heterocycles. The van der Waals surface area contributed by atoms with Crippen molar-refractivity contribution in [3.8, 4) is 0 Å².